The molecule has 2 fully saturated rings. The third-order valence-corrected chi connectivity index (χ3v) is 6.55. The first-order chi connectivity index (χ1) is 13.1. The summed E-state index contributed by atoms with van der Waals surface area (Å²) in [6.07, 6.45) is 9.22. The molecule has 0 N–H and O–H groups in total. The molecule has 3 heterocycles. The molecule has 2 aromatic heterocycles. The number of hydrogen-bond donors (Lipinski definition) is 0. The van der Waals surface area contributed by atoms with Gasteiger partial charge < -0.3 is 9.80 Å². The molecule has 0 radical (unpaired) electrons. The lowest BCUT2D eigenvalue weighted by atomic mass is 9.79. The number of rotatable bonds is 3. The van der Waals surface area contributed by atoms with Crippen LogP contribution >= 0.6 is 0 Å². The van der Waals surface area contributed by atoms with Crippen LogP contribution in [0.15, 0.2) is 24.5 Å². The zero-order valence-electron chi connectivity index (χ0n) is 16.0. The third-order valence-electron chi connectivity index (χ3n) is 6.55. The minimum atomic E-state index is 0.266. The van der Waals surface area contributed by atoms with Crippen LogP contribution in [0.25, 0.3) is 11.4 Å². The highest BCUT2D eigenvalue weighted by Gasteiger charge is 2.61. The summed E-state index contributed by atoms with van der Waals surface area (Å²) in [5.74, 6) is 2.27. The van der Waals surface area contributed by atoms with E-state index in [1.54, 1.807) is 12.4 Å². The van der Waals surface area contributed by atoms with E-state index < -0.39 is 0 Å². The Bertz CT molecular complexity index is 891. The quantitative estimate of drug-likeness (QED) is 0.839. The molecule has 2 saturated carbocycles. The van der Waals surface area contributed by atoms with Gasteiger partial charge in [0.15, 0.2) is 5.82 Å². The molecule has 5 rings (SSSR count). The van der Waals surface area contributed by atoms with Crippen molar-refractivity contribution in [2.24, 2.45) is 11.3 Å². The topological polar surface area (TPSA) is 62.2 Å². The summed E-state index contributed by atoms with van der Waals surface area (Å²) in [4.78, 5) is 30.8. The number of fused-ring (bicyclic) bond motifs is 1. The van der Waals surface area contributed by atoms with E-state index in [1.165, 1.54) is 24.8 Å². The molecule has 3 aliphatic rings. The van der Waals surface area contributed by atoms with Crippen molar-refractivity contribution in [3.8, 4) is 11.4 Å². The number of anilines is 1. The van der Waals surface area contributed by atoms with E-state index >= 15 is 0 Å². The largest absolute Gasteiger partial charge is 0.362 e. The molecule has 2 aliphatic carbocycles. The van der Waals surface area contributed by atoms with Crippen LogP contribution in [0, 0.1) is 11.3 Å². The second-order valence-corrected chi connectivity index (χ2v) is 8.41. The van der Waals surface area contributed by atoms with Crippen LogP contribution in [-0.4, -0.2) is 46.4 Å². The number of amides is 1. The summed E-state index contributed by atoms with van der Waals surface area (Å²) in [6, 6.07) is 3.86. The van der Waals surface area contributed by atoms with Gasteiger partial charge in [0.2, 0.25) is 5.91 Å². The summed E-state index contributed by atoms with van der Waals surface area (Å²) >= 11 is 0. The molecule has 6 nitrogen and oxygen atoms in total. The van der Waals surface area contributed by atoms with Crippen LogP contribution < -0.4 is 4.90 Å². The van der Waals surface area contributed by atoms with Crippen LogP contribution in [0.3, 0.4) is 0 Å². The average molecular weight is 363 g/mol. The van der Waals surface area contributed by atoms with Crippen LogP contribution in [-0.2, 0) is 17.8 Å². The maximum absolute atomic E-state index is 13.0. The number of carbonyl (C=O) groups excluding carboxylic acids is 1. The van der Waals surface area contributed by atoms with Crippen LogP contribution in [0.2, 0.25) is 0 Å². The lowest BCUT2D eigenvalue weighted by molar-refractivity contribution is -0.135. The number of carbonyl (C=O) groups is 1. The van der Waals surface area contributed by atoms with E-state index in [2.05, 4.69) is 4.98 Å². The SMILES string of the molecule is CN(C)c1nc(-c2ccncc2)nc2c1CCN(C(=O)[C@@H]1CC13CCC3)C2. The maximum atomic E-state index is 13.0. The highest BCUT2D eigenvalue weighted by atomic mass is 16.2. The molecule has 1 spiro atoms. The van der Waals surface area contributed by atoms with Gasteiger partial charge in [0.05, 0.1) is 12.2 Å². The standard InChI is InChI=1S/C21H25N5O/c1-25(2)19-15-6-11-26(20(27)16-12-21(16)7-3-8-21)13-17(15)23-18(24-19)14-4-9-22-10-5-14/h4-5,9-10,16H,3,6-8,11-13H2,1-2H3/t16-/m0/s1. The maximum Gasteiger partial charge on any atom is 0.226 e. The Labute approximate surface area is 159 Å². The van der Waals surface area contributed by atoms with E-state index in [4.69, 9.17) is 9.97 Å². The summed E-state index contributed by atoms with van der Waals surface area (Å²) < 4.78 is 0. The molecule has 0 unspecified atom stereocenters. The van der Waals surface area contributed by atoms with Crippen molar-refractivity contribution < 1.29 is 4.79 Å². The van der Waals surface area contributed by atoms with E-state index in [1.807, 2.05) is 36.0 Å². The second kappa shape index (κ2) is 6.01. The summed E-state index contributed by atoms with van der Waals surface area (Å²) in [5.41, 5.74) is 3.49. The van der Waals surface area contributed by atoms with Gasteiger partial charge in [0, 0.05) is 50.1 Å². The van der Waals surface area contributed by atoms with Crippen LogP contribution in [0.5, 0.6) is 0 Å². The van der Waals surface area contributed by atoms with Gasteiger partial charge in [-0.3, -0.25) is 9.78 Å². The van der Waals surface area contributed by atoms with Gasteiger partial charge in [0.25, 0.3) is 0 Å². The normalized spacial score (nSPS) is 22.1. The fraction of sp³-hybridized carbons (Fsp3) is 0.524. The van der Waals surface area contributed by atoms with Gasteiger partial charge in [-0.2, -0.15) is 0 Å². The molecule has 6 heteroatoms. The molecule has 1 aliphatic heterocycles. The van der Waals surface area contributed by atoms with Crippen molar-refractivity contribution in [3.05, 3.63) is 35.8 Å². The number of aromatic nitrogens is 3. The van der Waals surface area contributed by atoms with Crippen molar-refractivity contribution in [2.75, 3.05) is 25.5 Å². The minimum absolute atomic E-state index is 0.266. The van der Waals surface area contributed by atoms with E-state index in [0.717, 1.165) is 36.5 Å². The molecule has 2 aromatic rings. The van der Waals surface area contributed by atoms with E-state index in [0.29, 0.717) is 23.7 Å². The Morgan fingerprint density at radius 2 is 2.00 bits per heavy atom. The Kier molecular flexibility index (Phi) is 3.71. The van der Waals surface area contributed by atoms with Crippen molar-refractivity contribution in [2.45, 2.75) is 38.6 Å². The van der Waals surface area contributed by atoms with Gasteiger partial charge in [0.1, 0.15) is 5.82 Å². The zero-order valence-corrected chi connectivity index (χ0v) is 16.0. The van der Waals surface area contributed by atoms with Crippen molar-refractivity contribution in [3.63, 3.8) is 0 Å². The molecule has 27 heavy (non-hydrogen) atoms. The first-order valence-corrected chi connectivity index (χ1v) is 9.84. The number of hydrogen-bond acceptors (Lipinski definition) is 5. The Hall–Kier alpha value is -2.50. The molecular formula is C21H25N5O. The summed E-state index contributed by atoms with van der Waals surface area (Å²) in [6.45, 7) is 1.37. The lowest BCUT2D eigenvalue weighted by Crippen LogP contribution is -2.39. The van der Waals surface area contributed by atoms with Gasteiger partial charge in [-0.15, -0.1) is 0 Å². The lowest BCUT2D eigenvalue weighted by Gasteiger charge is -2.33. The molecular weight excluding hydrogens is 338 g/mol. The predicted octanol–water partition coefficient (Wildman–Crippen LogP) is 2.68. The highest BCUT2D eigenvalue weighted by molar-refractivity contribution is 5.83. The smallest absolute Gasteiger partial charge is 0.226 e. The monoisotopic (exact) mass is 363 g/mol. The average Bonchev–Trinajstić information content (AvgIpc) is 3.43. The summed E-state index contributed by atoms with van der Waals surface area (Å²) in [5, 5.41) is 0. The fourth-order valence-electron chi connectivity index (χ4n) is 4.70. The number of pyridine rings is 1. The molecule has 1 atom stereocenters. The van der Waals surface area contributed by atoms with E-state index in [9.17, 15) is 4.79 Å². The van der Waals surface area contributed by atoms with Gasteiger partial charge >= 0.3 is 0 Å². The van der Waals surface area contributed by atoms with Crippen LogP contribution in [0.4, 0.5) is 5.82 Å². The first kappa shape index (κ1) is 16.7. The Morgan fingerprint density at radius 3 is 2.63 bits per heavy atom. The van der Waals surface area contributed by atoms with Gasteiger partial charge in [-0.25, -0.2) is 9.97 Å². The zero-order chi connectivity index (χ0) is 18.6. The summed E-state index contributed by atoms with van der Waals surface area (Å²) in [7, 11) is 4.03. The fourth-order valence-corrected chi connectivity index (χ4v) is 4.70. The molecule has 0 bridgehead atoms. The predicted molar refractivity (Wildman–Crippen MR) is 103 cm³/mol. The first-order valence-electron chi connectivity index (χ1n) is 9.84. The van der Waals surface area contributed by atoms with Gasteiger partial charge in [-0.1, -0.05) is 6.42 Å². The van der Waals surface area contributed by atoms with Gasteiger partial charge in [-0.05, 0) is 43.2 Å². The Morgan fingerprint density at radius 1 is 1.22 bits per heavy atom. The van der Waals surface area contributed by atoms with Crippen LogP contribution in [0.1, 0.15) is 36.9 Å². The Balaban J connectivity index is 1.46. The van der Waals surface area contributed by atoms with Crippen molar-refractivity contribution in [1.29, 1.82) is 0 Å². The molecule has 0 saturated heterocycles. The van der Waals surface area contributed by atoms with E-state index in [-0.39, 0.29) is 5.92 Å². The number of nitrogens with zero attached hydrogens (tertiary/aromatic N) is 5. The highest BCUT2D eigenvalue weighted by Crippen LogP contribution is 2.66. The van der Waals surface area contributed by atoms with Crippen molar-refractivity contribution in [1.82, 2.24) is 19.9 Å². The van der Waals surface area contributed by atoms with Crippen molar-refractivity contribution >= 4 is 11.7 Å². The third kappa shape index (κ3) is 2.69. The molecule has 140 valence electrons. The molecule has 1 amide bonds. The molecule has 0 aromatic carbocycles. The second-order valence-electron chi connectivity index (χ2n) is 8.41. The minimum Gasteiger partial charge on any atom is -0.362 e.